The molecule has 0 fully saturated rings. The molecule has 1 unspecified atom stereocenters. The number of aromatic carboxylic acids is 1. The van der Waals surface area contributed by atoms with Crippen LogP contribution in [0, 0.1) is 0 Å². The lowest BCUT2D eigenvalue weighted by molar-refractivity contribution is 0.0678. The van der Waals surface area contributed by atoms with E-state index in [4.69, 9.17) is 34.8 Å². The van der Waals surface area contributed by atoms with E-state index in [1.165, 1.54) is 17.7 Å². The second-order valence-electron chi connectivity index (χ2n) is 5.81. The first-order valence-corrected chi connectivity index (χ1v) is 8.99. The summed E-state index contributed by atoms with van der Waals surface area (Å²) in [5.74, 6) is -0.972. The van der Waals surface area contributed by atoms with Crippen LogP contribution in [-0.4, -0.2) is 30.7 Å². The van der Waals surface area contributed by atoms with Crippen molar-refractivity contribution < 1.29 is 15.0 Å². The molecule has 2 heterocycles. The standard InChI is InChI=1S/C18H14Cl3N3O3/c1-9(25)14-15(18(26)27)24(8-10-7-11(19)4-5-13(10)20)17(23-14)12-3-2-6-22-16(12)21/h2-7,9,25H,8H2,1H3,(H,26,27). The molecule has 1 aromatic carbocycles. The molecule has 0 saturated heterocycles. The molecule has 0 aliphatic rings. The van der Waals surface area contributed by atoms with E-state index in [9.17, 15) is 15.0 Å². The Bertz CT molecular complexity index is 1020. The van der Waals surface area contributed by atoms with Gasteiger partial charge in [-0.2, -0.15) is 0 Å². The largest absolute Gasteiger partial charge is 0.477 e. The van der Waals surface area contributed by atoms with Crippen LogP contribution >= 0.6 is 34.8 Å². The highest BCUT2D eigenvalue weighted by molar-refractivity contribution is 6.33. The molecule has 3 aromatic rings. The van der Waals surface area contributed by atoms with E-state index in [0.717, 1.165) is 0 Å². The Morgan fingerprint density at radius 1 is 1.26 bits per heavy atom. The lowest BCUT2D eigenvalue weighted by atomic mass is 10.2. The number of aromatic nitrogens is 3. The summed E-state index contributed by atoms with van der Waals surface area (Å²) in [6.07, 6.45) is 0.419. The molecule has 0 bridgehead atoms. The van der Waals surface area contributed by atoms with Crippen molar-refractivity contribution in [1.82, 2.24) is 14.5 Å². The van der Waals surface area contributed by atoms with Gasteiger partial charge in [-0.05, 0) is 42.8 Å². The van der Waals surface area contributed by atoms with Gasteiger partial charge in [-0.3, -0.25) is 0 Å². The summed E-state index contributed by atoms with van der Waals surface area (Å²) in [7, 11) is 0. The van der Waals surface area contributed by atoms with Gasteiger partial charge in [-0.15, -0.1) is 0 Å². The van der Waals surface area contributed by atoms with Gasteiger partial charge in [0.15, 0.2) is 5.69 Å². The molecule has 0 aliphatic heterocycles. The van der Waals surface area contributed by atoms with Crippen molar-refractivity contribution in [3.63, 3.8) is 0 Å². The molecule has 2 N–H and O–H groups in total. The number of nitrogens with zero attached hydrogens (tertiary/aromatic N) is 3. The summed E-state index contributed by atoms with van der Waals surface area (Å²) in [4.78, 5) is 20.3. The molecule has 1 atom stereocenters. The number of aliphatic hydroxyl groups excluding tert-OH is 1. The van der Waals surface area contributed by atoms with Crippen molar-refractivity contribution in [2.45, 2.75) is 19.6 Å². The maximum Gasteiger partial charge on any atom is 0.354 e. The number of carboxylic acids is 1. The fourth-order valence-corrected chi connectivity index (χ4v) is 3.31. The molecule has 2 aromatic heterocycles. The molecule has 140 valence electrons. The van der Waals surface area contributed by atoms with Gasteiger partial charge in [0.1, 0.15) is 16.7 Å². The monoisotopic (exact) mass is 425 g/mol. The molecule has 0 saturated carbocycles. The molecule has 6 nitrogen and oxygen atoms in total. The third-order valence-corrected chi connectivity index (χ3v) is 4.83. The third-order valence-electron chi connectivity index (χ3n) is 3.93. The number of halogens is 3. The van der Waals surface area contributed by atoms with Crippen LogP contribution in [0.5, 0.6) is 0 Å². The fourth-order valence-electron chi connectivity index (χ4n) is 2.74. The van der Waals surface area contributed by atoms with Crippen molar-refractivity contribution in [3.8, 4) is 11.4 Å². The SMILES string of the molecule is CC(O)c1nc(-c2cccnc2Cl)n(Cc2cc(Cl)ccc2Cl)c1C(=O)O. The Morgan fingerprint density at radius 3 is 2.63 bits per heavy atom. The van der Waals surface area contributed by atoms with Crippen LogP contribution < -0.4 is 0 Å². The Hall–Kier alpha value is -2.12. The summed E-state index contributed by atoms with van der Waals surface area (Å²) >= 11 is 18.5. The van der Waals surface area contributed by atoms with Crippen molar-refractivity contribution in [1.29, 1.82) is 0 Å². The molecular weight excluding hydrogens is 413 g/mol. The number of pyridine rings is 1. The summed E-state index contributed by atoms with van der Waals surface area (Å²) in [5.41, 5.74) is 0.903. The summed E-state index contributed by atoms with van der Waals surface area (Å²) in [6, 6.07) is 8.24. The second-order valence-corrected chi connectivity index (χ2v) is 7.02. The molecule has 0 radical (unpaired) electrons. The first kappa shape index (κ1) is 19.6. The van der Waals surface area contributed by atoms with Gasteiger partial charge in [-0.25, -0.2) is 14.8 Å². The highest BCUT2D eigenvalue weighted by atomic mass is 35.5. The summed E-state index contributed by atoms with van der Waals surface area (Å²) < 4.78 is 1.44. The second kappa shape index (κ2) is 7.86. The molecule has 0 aliphatic carbocycles. The molecular formula is C18H14Cl3N3O3. The Kier molecular flexibility index (Phi) is 5.72. The number of carboxylic acid groups (broad SMARTS) is 1. The molecule has 0 spiro atoms. The van der Waals surface area contributed by atoms with E-state index in [0.29, 0.717) is 21.2 Å². The maximum atomic E-state index is 11.9. The minimum absolute atomic E-state index is 0.0237. The van der Waals surface area contributed by atoms with Gasteiger partial charge in [0.25, 0.3) is 0 Å². The topological polar surface area (TPSA) is 88.2 Å². The van der Waals surface area contributed by atoms with E-state index < -0.39 is 12.1 Å². The zero-order valence-corrected chi connectivity index (χ0v) is 16.3. The number of aliphatic hydroxyl groups is 1. The number of benzene rings is 1. The van der Waals surface area contributed by atoms with Crippen molar-refractivity contribution in [3.05, 3.63) is 68.7 Å². The Balaban J connectivity index is 2.28. The van der Waals surface area contributed by atoms with Gasteiger partial charge in [0.05, 0.1) is 18.2 Å². The molecule has 27 heavy (non-hydrogen) atoms. The summed E-state index contributed by atoms with van der Waals surface area (Å²) in [5, 5.41) is 20.8. The minimum Gasteiger partial charge on any atom is -0.477 e. The Morgan fingerprint density at radius 2 is 2.00 bits per heavy atom. The van der Waals surface area contributed by atoms with Gasteiger partial charge >= 0.3 is 5.97 Å². The minimum atomic E-state index is -1.23. The first-order chi connectivity index (χ1) is 12.8. The average Bonchev–Trinajstić information content (AvgIpc) is 2.98. The first-order valence-electron chi connectivity index (χ1n) is 7.86. The maximum absolute atomic E-state index is 11.9. The van der Waals surface area contributed by atoms with Crippen LogP contribution in [0.25, 0.3) is 11.4 Å². The van der Waals surface area contributed by atoms with Gasteiger partial charge in [0, 0.05) is 16.2 Å². The van der Waals surface area contributed by atoms with Gasteiger partial charge in [0.2, 0.25) is 0 Å². The number of hydrogen-bond donors (Lipinski definition) is 2. The van der Waals surface area contributed by atoms with E-state index in [2.05, 4.69) is 9.97 Å². The molecule has 3 rings (SSSR count). The summed E-state index contributed by atoms with van der Waals surface area (Å²) in [6.45, 7) is 1.52. The number of carbonyl (C=O) groups is 1. The third kappa shape index (κ3) is 3.94. The van der Waals surface area contributed by atoms with E-state index in [1.54, 1.807) is 30.3 Å². The smallest absolute Gasteiger partial charge is 0.354 e. The molecule has 0 amide bonds. The highest BCUT2D eigenvalue weighted by Crippen LogP contribution is 2.32. The number of imidazole rings is 1. The van der Waals surface area contributed by atoms with Crippen molar-refractivity contribution >= 4 is 40.8 Å². The average molecular weight is 427 g/mol. The lowest BCUT2D eigenvalue weighted by Gasteiger charge is -2.13. The predicted octanol–water partition coefficient (Wildman–Crippen LogP) is 4.71. The van der Waals surface area contributed by atoms with Crippen LogP contribution in [0.2, 0.25) is 15.2 Å². The van der Waals surface area contributed by atoms with Crippen molar-refractivity contribution in [2.75, 3.05) is 0 Å². The number of hydrogen-bond acceptors (Lipinski definition) is 4. The van der Waals surface area contributed by atoms with Crippen LogP contribution in [0.3, 0.4) is 0 Å². The normalized spacial score (nSPS) is 12.2. The Labute approximate surface area is 170 Å². The van der Waals surface area contributed by atoms with E-state index in [1.807, 2.05) is 0 Å². The molecule has 9 heteroatoms. The van der Waals surface area contributed by atoms with E-state index >= 15 is 0 Å². The van der Waals surface area contributed by atoms with Crippen LogP contribution in [0.15, 0.2) is 36.5 Å². The number of rotatable bonds is 5. The fraction of sp³-hybridized carbons (Fsp3) is 0.167. The van der Waals surface area contributed by atoms with Crippen LogP contribution in [0.1, 0.15) is 34.8 Å². The van der Waals surface area contributed by atoms with Gasteiger partial charge in [-0.1, -0.05) is 34.8 Å². The van der Waals surface area contributed by atoms with E-state index in [-0.39, 0.29) is 28.9 Å². The van der Waals surface area contributed by atoms with Crippen LogP contribution in [-0.2, 0) is 6.54 Å². The van der Waals surface area contributed by atoms with Gasteiger partial charge < -0.3 is 14.8 Å². The zero-order chi connectivity index (χ0) is 19.7. The quantitative estimate of drug-likeness (QED) is 0.577. The van der Waals surface area contributed by atoms with Crippen LogP contribution in [0.4, 0.5) is 0 Å². The zero-order valence-electron chi connectivity index (χ0n) is 14.0. The highest BCUT2D eigenvalue weighted by Gasteiger charge is 2.27. The lowest BCUT2D eigenvalue weighted by Crippen LogP contribution is -2.13. The predicted molar refractivity (Wildman–Crippen MR) is 104 cm³/mol. The van der Waals surface area contributed by atoms with Crippen molar-refractivity contribution in [2.24, 2.45) is 0 Å².